The molecule has 0 saturated carbocycles. The Balaban J connectivity index is 1.93. The molecule has 142 valence electrons. The average molecular weight is 355 g/mol. The fourth-order valence-corrected chi connectivity index (χ4v) is 3.08. The average Bonchev–Trinajstić information content (AvgIpc) is 2.64. The Morgan fingerprint density at radius 3 is 2.15 bits per heavy atom. The molecule has 0 heterocycles. The topological polar surface area (TPSA) is 15.7 Å². The Bertz CT molecular complexity index is 608. The predicted molar refractivity (Wildman–Crippen MR) is 112 cm³/mol. The molecule has 0 aliphatic rings. The maximum atomic E-state index is 6.28. The van der Waals surface area contributed by atoms with Gasteiger partial charge in [-0.2, -0.15) is 0 Å². The van der Waals surface area contributed by atoms with Crippen molar-refractivity contribution in [2.45, 2.75) is 31.8 Å². The fraction of sp³-hybridized carbons (Fsp3) is 0.478. The molecule has 0 spiro atoms. The highest BCUT2D eigenvalue weighted by Crippen LogP contribution is 2.26. The lowest BCUT2D eigenvalue weighted by molar-refractivity contribution is 0.0410. The molecule has 0 radical (unpaired) electrons. The summed E-state index contributed by atoms with van der Waals surface area (Å²) < 4.78 is 6.28. The van der Waals surface area contributed by atoms with Gasteiger partial charge in [-0.1, -0.05) is 42.5 Å². The number of ether oxygens (including phenoxy) is 1. The lowest BCUT2D eigenvalue weighted by Crippen LogP contribution is -2.16. The molecule has 3 nitrogen and oxygen atoms in total. The molecule has 0 bridgehead atoms. The molecule has 1 unspecified atom stereocenters. The fourth-order valence-electron chi connectivity index (χ4n) is 3.08. The highest BCUT2D eigenvalue weighted by atomic mass is 16.5. The second kappa shape index (κ2) is 11.0. The van der Waals surface area contributed by atoms with Crippen molar-refractivity contribution >= 4 is 5.69 Å². The van der Waals surface area contributed by atoms with Crippen LogP contribution in [0.3, 0.4) is 0 Å². The van der Waals surface area contributed by atoms with E-state index in [0.717, 1.165) is 38.8 Å². The van der Waals surface area contributed by atoms with Crippen molar-refractivity contribution in [3.05, 3.63) is 65.7 Å². The monoisotopic (exact) mass is 354 g/mol. The third kappa shape index (κ3) is 7.19. The zero-order chi connectivity index (χ0) is 18.8. The third-order valence-electron chi connectivity index (χ3n) is 4.62. The lowest BCUT2D eigenvalue weighted by atomic mass is 10.0. The summed E-state index contributed by atoms with van der Waals surface area (Å²) in [7, 11) is 8.36. The Morgan fingerprint density at radius 1 is 0.846 bits per heavy atom. The van der Waals surface area contributed by atoms with Gasteiger partial charge in [0.25, 0.3) is 0 Å². The maximum Gasteiger partial charge on any atom is 0.0825 e. The van der Waals surface area contributed by atoms with Crippen molar-refractivity contribution in [1.29, 1.82) is 0 Å². The Hall–Kier alpha value is -1.84. The van der Waals surface area contributed by atoms with Crippen LogP contribution < -0.4 is 4.90 Å². The smallest absolute Gasteiger partial charge is 0.0825 e. The summed E-state index contributed by atoms with van der Waals surface area (Å²) >= 11 is 0. The SMILES string of the molecule is CN(C)CCCOC(CCCc1ccccc1)c1ccc(N(C)C)cc1. The van der Waals surface area contributed by atoms with Gasteiger partial charge in [0, 0.05) is 26.4 Å². The first-order valence-corrected chi connectivity index (χ1v) is 9.64. The largest absolute Gasteiger partial charge is 0.378 e. The second-order valence-electron chi connectivity index (χ2n) is 7.38. The highest BCUT2D eigenvalue weighted by Gasteiger charge is 2.12. The number of rotatable bonds is 11. The van der Waals surface area contributed by atoms with Crippen molar-refractivity contribution < 1.29 is 4.74 Å². The van der Waals surface area contributed by atoms with Crippen LogP contribution in [0.5, 0.6) is 0 Å². The van der Waals surface area contributed by atoms with E-state index in [1.165, 1.54) is 16.8 Å². The standard InChI is InChI=1S/C23H34N2O/c1-24(2)18-9-19-26-23(13-8-12-20-10-6-5-7-11-20)21-14-16-22(17-15-21)25(3)4/h5-7,10-11,14-17,23H,8-9,12-13,18-19H2,1-4H3. The number of benzene rings is 2. The predicted octanol–water partition coefficient (Wildman–Crippen LogP) is 4.78. The molecule has 0 aliphatic carbocycles. The normalized spacial score (nSPS) is 12.3. The Morgan fingerprint density at radius 2 is 1.54 bits per heavy atom. The molecule has 2 aromatic carbocycles. The summed E-state index contributed by atoms with van der Waals surface area (Å²) in [5, 5.41) is 0. The molecule has 26 heavy (non-hydrogen) atoms. The number of hydrogen-bond donors (Lipinski definition) is 0. The van der Waals surface area contributed by atoms with Crippen molar-refractivity contribution in [2.24, 2.45) is 0 Å². The van der Waals surface area contributed by atoms with Crippen molar-refractivity contribution in [3.63, 3.8) is 0 Å². The van der Waals surface area contributed by atoms with Crippen LogP contribution in [0.25, 0.3) is 0 Å². The number of anilines is 1. The van der Waals surface area contributed by atoms with E-state index < -0.39 is 0 Å². The molecule has 0 fully saturated rings. The van der Waals surface area contributed by atoms with Gasteiger partial charge in [-0.15, -0.1) is 0 Å². The van der Waals surface area contributed by atoms with E-state index in [4.69, 9.17) is 4.74 Å². The number of nitrogens with zero attached hydrogens (tertiary/aromatic N) is 2. The summed E-state index contributed by atoms with van der Waals surface area (Å²) in [5.41, 5.74) is 3.92. The van der Waals surface area contributed by atoms with Crippen LogP contribution in [0, 0.1) is 0 Å². The molecular weight excluding hydrogens is 320 g/mol. The first kappa shape index (κ1) is 20.5. The highest BCUT2D eigenvalue weighted by molar-refractivity contribution is 5.46. The van der Waals surface area contributed by atoms with Gasteiger partial charge in [-0.25, -0.2) is 0 Å². The summed E-state index contributed by atoms with van der Waals surface area (Å²) in [6.07, 6.45) is 4.54. The molecule has 0 N–H and O–H groups in total. The van der Waals surface area contributed by atoms with Crippen LogP contribution in [0.4, 0.5) is 5.69 Å². The van der Waals surface area contributed by atoms with Gasteiger partial charge in [0.2, 0.25) is 0 Å². The second-order valence-corrected chi connectivity index (χ2v) is 7.38. The summed E-state index contributed by atoms with van der Waals surface area (Å²) in [6, 6.07) is 19.5. The van der Waals surface area contributed by atoms with E-state index in [9.17, 15) is 0 Å². The molecule has 2 aromatic rings. The molecule has 0 saturated heterocycles. The van der Waals surface area contributed by atoms with E-state index in [1.54, 1.807) is 0 Å². The van der Waals surface area contributed by atoms with Crippen LogP contribution in [0.2, 0.25) is 0 Å². The minimum atomic E-state index is 0.178. The van der Waals surface area contributed by atoms with Gasteiger partial charge in [0.05, 0.1) is 6.10 Å². The molecule has 2 rings (SSSR count). The third-order valence-corrected chi connectivity index (χ3v) is 4.62. The van der Waals surface area contributed by atoms with Crippen LogP contribution in [-0.2, 0) is 11.2 Å². The van der Waals surface area contributed by atoms with Crippen molar-refractivity contribution in [1.82, 2.24) is 4.90 Å². The van der Waals surface area contributed by atoms with E-state index >= 15 is 0 Å². The van der Waals surface area contributed by atoms with Gasteiger partial charge in [0.1, 0.15) is 0 Å². The first-order chi connectivity index (χ1) is 12.6. The molecule has 1 atom stereocenters. The number of aryl methyl sites for hydroxylation is 1. The van der Waals surface area contributed by atoms with Gasteiger partial charge in [-0.05, 0) is 69.6 Å². The zero-order valence-corrected chi connectivity index (χ0v) is 16.8. The summed E-state index contributed by atoms with van der Waals surface area (Å²) in [4.78, 5) is 4.34. The minimum absolute atomic E-state index is 0.178. The molecule has 3 heteroatoms. The molecule has 0 aliphatic heterocycles. The van der Waals surface area contributed by atoms with Crippen LogP contribution >= 0.6 is 0 Å². The van der Waals surface area contributed by atoms with E-state index in [0.29, 0.717) is 0 Å². The number of hydrogen-bond acceptors (Lipinski definition) is 3. The minimum Gasteiger partial charge on any atom is -0.378 e. The van der Waals surface area contributed by atoms with Gasteiger partial charge < -0.3 is 14.5 Å². The van der Waals surface area contributed by atoms with Gasteiger partial charge in [-0.3, -0.25) is 0 Å². The van der Waals surface area contributed by atoms with Gasteiger partial charge in [0.15, 0.2) is 0 Å². The zero-order valence-electron chi connectivity index (χ0n) is 16.8. The van der Waals surface area contributed by atoms with Gasteiger partial charge >= 0.3 is 0 Å². The summed E-state index contributed by atoms with van der Waals surface area (Å²) in [5.74, 6) is 0. The molecule has 0 amide bonds. The van der Waals surface area contributed by atoms with Crippen molar-refractivity contribution in [3.8, 4) is 0 Å². The molecular formula is C23H34N2O. The molecule has 0 aromatic heterocycles. The first-order valence-electron chi connectivity index (χ1n) is 9.64. The van der Waals surface area contributed by atoms with Crippen LogP contribution in [-0.4, -0.2) is 46.2 Å². The maximum absolute atomic E-state index is 6.28. The van der Waals surface area contributed by atoms with Crippen molar-refractivity contribution in [2.75, 3.05) is 46.2 Å². The van der Waals surface area contributed by atoms with E-state index in [1.807, 2.05) is 0 Å². The van der Waals surface area contributed by atoms with Crippen LogP contribution in [0.15, 0.2) is 54.6 Å². The Kier molecular flexibility index (Phi) is 8.66. The van der Waals surface area contributed by atoms with E-state index in [2.05, 4.69) is 92.6 Å². The van der Waals surface area contributed by atoms with Crippen LogP contribution in [0.1, 0.15) is 36.5 Å². The Labute approximate surface area is 159 Å². The van der Waals surface area contributed by atoms with E-state index in [-0.39, 0.29) is 6.10 Å². The summed E-state index contributed by atoms with van der Waals surface area (Å²) in [6.45, 7) is 1.87. The quantitative estimate of drug-likeness (QED) is 0.540. The lowest BCUT2D eigenvalue weighted by Gasteiger charge is -2.21.